The fraction of sp³-hybridized carbons (Fsp3) is 0. The zero-order chi connectivity index (χ0) is 15.5. The number of thiophene rings is 1. The molecule has 0 spiro atoms. The molecular formula is C14H9Cl2N3OS2. The fourth-order valence-electron chi connectivity index (χ4n) is 1.74. The van der Waals surface area contributed by atoms with Crippen molar-refractivity contribution < 1.29 is 4.79 Å². The molecule has 2 amide bonds. The Labute approximate surface area is 144 Å². The molecule has 0 aliphatic heterocycles. The minimum Gasteiger partial charge on any atom is -0.299 e. The third-order valence-electron chi connectivity index (χ3n) is 2.69. The second kappa shape index (κ2) is 6.66. The number of rotatable bonds is 3. The first-order valence-corrected chi connectivity index (χ1v) is 8.66. The molecule has 0 unspecified atom stereocenters. The molecule has 8 heteroatoms. The van der Waals surface area contributed by atoms with E-state index in [0.29, 0.717) is 20.9 Å². The van der Waals surface area contributed by atoms with Crippen LogP contribution >= 0.6 is 45.9 Å². The summed E-state index contributed by atoms with van der Waals surface area (Å²) in [6.45, 7) is 0. The third-order valence-corrected chi connectivity index (χ3v) is 4.79. The van der Waals surface area contributed by atoms with Gasteiger partial charge in [-0.1, -0.05) is 23.2 Å². The molecule has 3 aromatic rings. The highest BCUT2D eigenvalue weighted by Crippen LogP contribution is 2.32. The molecule has 0 aliphatic rings. The van der Waals surface area contributed by atoms with Gasteiger partial charge < -0.3 is 0 Å². The van der Waals surface area contributed by atoms with E-state index >= 15 is 0 Å². The van der Waals surface area contributed by atoms with Crippen molar-refractivity contribution in [2.75, 3.05) is 10.6 Å². The summed E-state index contributed by atoms with van der Waals surface area (Å²) < 4.78 is 0. The first-order chi connectivity index (χ1) is 10.6. The van der Waals surface area contributed by atoms with Gasteiger partial charge in [0, 0.05) is 16.0 Å². The van der Waals surface area contributed by atoms with Crippen LogP contribution in [0.15, 0.2) is 41.1 Å². The standard InChI is InChI=1S/C14H9Cl2N3OS2/c15-8-3-4-10(16)9(6-8)11-7-22-14(17-11)19-13(20)18-12-2-1-5-21-12/h1-7H,(H2,17,18,19,20). The van der Waals surface area contributed by atoms with Crippen LogP contribution in [0.5, 0.6) is 0 Å². The molecule has 3 rings (SSSR count). The number of carbonyl (C=O) groups is 1. The minimum absolute atomic E-state index is 0.333. The van der Waals surface area contributed by atoms with Crippen LogP contribution in [0.3, 0.4) is 0 Å². The molecule has 2 heterocycles. The Kier molecular flexibility index (Phi) is 4.63. The maximum atomic E-state index is 11.9. The second-order valence-corrected chi connectivity index (χ2v) is 6.87. The summed E-state index contributed by atoms with van der Waals surface area (Å²) in [5.74, 6) is 0. The van der Waals surface area contributed by atoms with Crippen LogP contribution in [0.4, 0.5) is 14.9 Å². The van der Waals surface area contributed by atoms with Crippen LogP contribution in [-0.2, 0) is 0 Å². The zero-order valence-electron chi connectivity index (χ0n) is 11.0. The Balaban J connectivity index is 1.73. The summed E-state index contributed by atoms with van der Waals surface area (Å²) in [5.41, 5.74) is 1.40. The van der Waals surface area contributed by atoms with Gasteiger partial charge in [-0.05, 0) is 35.7 Å². The van der Waals surface area contributed by atoms with Crippen LogP contribution in [0.1, 0.15) is 0 Å². The molecule has 22 heavy (non-hydrogen) atoms. The van der Waals surface area contributed by atoms with Gasteiger partial charge in [0.2, 0.25) is 0 Å². The molecule has 4 nitrogen and oxygen atoms in total. The van der Waals surface area contributed by atoms with Crippen molar-refractivity contribution in [3.8, 4) is 11.3 Å². The number of nitrogens with one attached hydrogen (secondary N) is 2. The number of nitrogens with zero attached hydrogens (tertiary/aromatic N) is 1. The number of thiazole rings is 1. The Morgan fingerprint density at radius 1 is 1.14 bits per heavy atom. The normalized spacial score (nSPS) is 10.5. The summed E-state index contributed by atoms with van der Waals surface area (Å²) in [4.78, 5) is 16.2. The topological polar surface area (TPSA) is 54.0 Å². The SMILES string of the molecule is O=C(Nc1cccs1)Nc1nc(-c2cc(Cl)ccc2Cl)cs1. The van der Waals surface area contributed by atoms with E-state index < -0.39 is 0 Å². The van der Waals surface area contributed by atoms with Crippen LogP contribution in [-0.4, -0.2) is 11.0 Å². The first-order valence-electron chi connectivity index (χ1n) is 6.14. The number of anilines is 2. The number of benzene rings is 1. The fourth-order valence-corrected chi connectivity index (χ4v) is 3.44. The lowest BCUT2D eigenvalue weighted by Crippen LogP contribution is -2.18. The van der Waals surface area contributed by atoms with Crippen molar-refractivity contribution in [1.29, 1.82) is 0 Å². The maximum Gasteiger partial charge on any atom is 0.326 e. The van der Waals surface area contributed by atoms with Crippen molar-refractivity contribution in [3.63, 3.8) is 0 Å². The summed E-state index contributed by atoms with van der Waals surface area (Å²) >= 11 is 14.9. The van der Waals surface area contributed by atoms with Crippen molar-refractivity contribution in [1.82, 2.24) is 4.98 Å². The van der Waals surface area contributed by atoms with Crippen LogP contribution in [0.2, 0.25) is 10.0 Å². The van der Waals surface area contributed by atoms with Gasteiger partial charge in [-0.15, -0.1) is 22.7 Å². The monoisotopic (exact) mass is 369 g/mol. The van der Waals surface area contributed by atoms with Gasteiger partial charge in [-0.2, -0.15) is 0 Å². The number of carbonyl (C=O) groups excluding carboxylic acids is 1. The van der Waals surface area contributed by atoms with Gasteiger partial charge in [0.15, 0.2) is 5.13 Å². The van der Waals surface area contributed by atoms with Gasteiger partial charge in [0.05, 0.1) is 15.7 Å². The molecule has 112 valence electrons. The summed E-state index contributed by atoms with van der Waals surface area (Å²) in [7, 11) is 0. The van der Waals surface area contributed by atoms with E-state index in [1.165, 1.54) is 22.7 Å². The van der Waals surface area contributed by atoms with Crippen molar-refractivity contribution in [3.05, 3.63) is 51.1 Å². The number of amides is 2. The third kappa shape index (κ3) is 3.59. The predicted molar refractivity (Wildman–Crippen MR) is 94.5 cm³/mol. The van der Waals surface area contributed by atoms with Gasteiger partial charge in [0.1, 0.15) is 0 Å². The Morgan fingerprint density at radius 2 is 2.00 bits per heavy atom. The average molecular weight is 370 g/mol. The summed E-state index contributed by atoms with van der Waals surface area (Å²) in [6, 6.07) is 8.53. The number of urea groups is 1. The molecule has 0 aliphatic carbocycles. The molecule has 1 aromatic carbocycles. The van der Waals surface area contributed by atoms with E-state index in [1.807, 2.05) is 22.9 Å². The van der Waals surface area contributed by atoms with Crippen LogP contribution in [0, 0.1) is 0 Å². The van der Waals surface area contributed by atoms with Crippen molar-refractivity contribution in [2.24, 2.45) is 0 Å². The molecule has 0 radical (unpaired) electrons. The molecule has 0 atom stereocenters. The Hall–Kier alpha value is -1.60. The van der Waals surface area contributed by atoms with E-state index in [4.69, 9.17) is 23.2 Å². The summed E-state index contributed by atoms with van der Waals surface area (Å²) in [6.07, 6.45) is 0. The predicted octanol–water partition coefficient (Wildman–Crippen LogP) is 5.82. The van der Waals surface area contributed by atoms with Gasteiger partial charge in [-0.3, -0.25) is 10.6 Å². The van der Waals surface area contributed by atoms with Gasteiger partial charge >= 0.3 is 6.03 Å². The number of hydrogen-bond acceptors (Lipinski definition) is 4. The second-order valence-electron chi connectivity index (χ2n) is 4.22. The Bertz CT molecular complexity index is 802. The lowest BCUT2D eigenvalue weighted by molar-refractivity contribution is 0.262. The zero-order valence-corrected chi connectivity index (χ0v) is 14.1. The largest absolute Gasteiger partial charge is 0.326 e. The molecule has 2 N–H and O–H groups in total. The van der Waals surface area contributed by atoms with Crippen LogP contribution < -0.4 is 10.6 Å². The molecular weight excluding hydrogens is 361 g/mol. The van der Waals surface area contributed by atoms with Crippen molar-refractivity contribution in [2.45, 2.75) is 0 Å². The molecule has 0 saturated heterocycles. The van der Waals surface area contributed by atoms with E-state index in [1.54, 1.807) is 18.2 Å². The number of aromatic nitrogens is 1. The lowest BCUT2D eigenvalue weighted by Gasteiger charge is -2.03. The molecule has 0 bridgehead atoms. The van der Waals surface area contributed by atoms with Crippen LogP contribution in [0.25, 0.3) is 11.3 Å². The number of hydrogen-bond donors (Lipinski definition) is 2. The number of halogens is 2. The maximum absolute atomic E-state index is 11.9. The smallest absolute Gasteiger partial charge is 0.299 e. The molecule has 2 aromatic heterocycles. The lowest BCUT2D eigenvalue weighted by atomic mass is 10.2. The van der Waals surface area contributed by atoms with E-state index in [0.717, 1.165) is 10.6 Å². The average Bonchev–Trinajstić information content (AvgIpc) is 3.13. The van der Waals surface area contributed by atoms with Crippen molar-refractivity contribution >= 4 is 62.0 Å². The summed E-state index contributed by atoms with van der Waals surface area (Å²) in [5, 5.41) is 11.5. The highest BCUT2D eigenvalue weighted by molar-refractivity contribution is 7.14. The highest BCUT2D eigenvalue weighted by atomic mass is 35.5. The molecule has 0 fully saturated rings. The Morgan fingerprint density at radius 3 is 2.77 bits per heavy atom. The van der Waals surface area contributed by atoms with Gasteiger partial charge in [-0.25, -0.2) is 9.78 Å². The quantitative estimate of drug-likeness (QED) is 0.610. The van der Waals surface area contributed by atoms with E-state index in [9.17, 15) is 4.79 Å². The minimum atomic E-state index is -0.333. The van der Waals surface area contributed by atoms with E-state index in [-0.39, 0.29) is 6.03 Å². The highest BCUT2D eigenvalue weighted by Gasteiger charge is 2.11. The van der Waals surface area contributed by atoms with E-state index in [2.05, 4.69) is 15.6 Å². The molecule has 0 saturated carbocycles. The van der Waals surface area contributed by atoms with Gasteiger partial charge in [0.25, 0.3) is 0 Å². The first kappa shape index (κ1) is 15.3.